The molecule has 0 radical (unpaired) electrons. The molecular formula is C20H21Cl2N5O2. The second-order valence-corrected chi connectivity index (χ2v) is 8.00. The molecule has 0 aliphatic carbocycles. The van der Waals surface area contributed by atoms with Crippen LogP contribution in [0.5, 0.6) is 5.88 Å². The van der Waals surface area contributed by atoms with E-state index >= 15 is 0 Å². The molecule has 7 nitrogen and oxygen atoms in total. The van der Waals surface area contributed by atoms with E-state index in [1.165, 1.54) is 0 Å². The summed E-state index contributed by atoms with van der Waals surface area (Å²) in [6, 6.07) is 5.37. The highest BCUT2D eigenvalue weighted by atomic mass is 35.5. The molecule has 1 aliphatic heterocycles. The van der Waals surface area contributed by atoms with Gasteiger partial charge in [0, 0.05) is 55.0 Å². The predicted molar refractivity (Wildman–Crippen MR) is 113 cm³/mol. The standard InChI is InChI=1S/C20H21Cl2N5O2/c1-26(2)9-10-29-16-5-7-23-19(25-16)20(28)27-8-6-15-13(11-27)12-3-4-14(21)17(22)18(12)24-15/h3-5,7,24H,6,8-11H2,1-2H3. The molecule has 4 rings (SSSR count). The van der Waals surface area contributed by atoms with Crippen molar-refractivity contribution in [1.82, 2.24) is 24.8 Å². The number of benzene rings is 1. The number of carbonyl (C=O) groups excluding carboxylic acids is 1. The fourth-order valence-electron chi connectivity index (χ4n) is 3.40. The maximum atomic E-state index is 13.0. The average Bonchev–Trinajstić information content (AvgIpc) is 3.09. The maximum absolute atomic E-state index is 13.0. The first kappa shape index (κ1) is 19.9. The zero-order valence-electron chi connectivity index (χ0n) is 16.2. The van der Waals surface area contributed by atoms with E-state index in [1.807, 2.05) is 25.1 Å². The highest BCUT2D eigenvalue weighted by Crippen LogP contribution is 2.35. The molecule has 0 spiro atoms. The molecule has 1 N–H and O–H groups in total. The molecule has 0 fully saturated rings. The van der Waals surface area contributed by atoms with Crippen molar-refractivity contribution in [3.05, 3.63) is 51.5 Å². The van der Waals surface area contributed by atoms with Crippen molar-refractivity contribution >= 4 is 40.0 Å². The lowest BCUT2D eigenvalue weighted by atomic mass is 10.0. The second kappa shape index (κ2) is 8.18. The molecule has 29 heavy (non-hydrogen) atoms. The van der Waals surface area contributed by atoms with Gasteiger partial charge in [-0.05, 0) is 20.2 Å². The number of ether oxygens (including phenoxy) is 1. The molecule has 0 unspecified atom stereocenters. The summed E-state index contributed by atoms with van der Waals surface area (Å²) in [5.74, 6) is 0.316. The van der Waals surface area contributed by atoms with Crippen molar-refractivity contribution in [3.63, 3.8) is 0 Å². The molecule has 3 aromatic rings. The first-order valence-electron chi connectivity index (χ1n) is 9.31. The van der Waals surface area contributed by atoms with Gasteiger partial charge in [0.15, 0.2) is 0 Å². The number of hydrogen-bond acceptors (Lipinski definition) is 5. The predicted octanol–water partition coefficient (Wildman–Crippen LogP) is 3.40. The monoisotopic (exact) mass is 433 g/mol. The smallest absolute Gasteiger partial charge is 0.292 e. The summed E-state index contributed by atoms with van der Waals surface area (Å²) in [4.78, 5) is 28.6. The molecule has 152 valence electrons. The molecule has 0 bridgehead atoms. The van der Waals surface area contributed by atoms with Gasteiger partial charge in [0.1, 0.15) is 6.61 Å². The number of H-pyrrole nitrogens is 1. The Hall–Kier alpha value is -2.35. The number of carbonyl (C=O) groups is 1. The van der Waals surface area contributed by atoms with Crippen LogP contribution in [0.25, 0.3) is 10.9 Å². The van der Waals surface area contributed by atoms with Crippen LogP contribution in [0.2, 0.25) is 10.0 Å². The van der Waals surface area contributed by atoms with Gasteiger partial charge in [0.2, 0.25) is 11.7 Å². The van der Waals surface area contributed by atoms with Crippen molar-refractivity contribution < 1.29 is 9.53 Å². The highest BCUT2D eigenvalue weighted by molar-refractivity contribution is 6.45. The van der Waals surface area contributed by atoms with Crippen molar-refractivity contribution in [1.29, 1.82) is 0 Å². The van der Waals surface area contributed by atoms with E-state index < -0.39 is 0 Å². The number of hydrogen-bond donors (Lipinski definition) is 1. The largest absolute Gasteiger partial charge is 0.476 e. The van der Waals surface area contributed by atoms with Gasteiger partial charge < -0.3 is 19.5 Å². The third-order valence-corrected chi connectivity index (χ3v) is 5.74. The van der Waals surface area contributed by atoms with Crippen LogP contribution >= 0.6 is 23.2 Å². The van der Waals surface area contributed by atoms with Gasteiger partial charge in [-0.3, -0.25) is 4.79 Å². The summed E-state index contributed by atoms with van der Waals surface area (Å²) >= 11 is 12.5. The van der Waals surface area contributed by atoms with Gasteiger partial charge in [-0.15, -0.1) is 0 Å². The van der Waals surface area contributed by atoms with E-state index in [0.29, 0.717) is 42.0 Å². The summed E-state index contributed by atoms with van der Waals surface area (Å²) in [6.07, 6.45) is 2.25. The average molecular weight is 434 g/mol. The fraction of sp³-hybridized carbons (Fsp3) is 0.350. The molecule has 1 aromatic carbocycles. The third kappa shape index (κ3) is 4.03. The minimum atomic E-state index is -0.219. The molecule has 0 saturated carbocycles. The molecule has 3 heterocycles. The van der Waals surface area contributed by atoms with E-state index in [1.54, 1.807) is 23.2 Å². The van der Waals surface area contributed by atoms with E-state index in [4.69, 9.17) is 27.9 Å². The lowest BCUT2D eigenvalue weighted by molar-refractivity contribution is 0.0721. The quantitative estimate of drug-likeness (QED) is 0.667. The summed E-state index contributed by atoms with van der Waals surface area (Å²) in [5.41, 5.74) is 2.94. The van der Waals surface area contributed by atoms with Gasteiger partial charge in [-0.1, -0.05) is 29.3 Å². The van der Waals surface area contributed by atoms with Crippen molar-refractivity contribution in [2.24, 2.45) is 0 Å². The first-order valence-corrected chi connectivity index (χ1v) is 10.1. The number of fused-ring (bicyclic) bond motifs is 3. The summed E-state index contributed by atoms with van der Waals surface area (Å²) in [5, 5.41) is 1.99. The zero-order valence-corrected chi connectivity index (χ0v) is 17.7. The van der Waals surface area contributed by atoms with E-state index in [2.05, 4.69) is 15.0 Å². The van der Waals surface area contributed by atoms with Crippen LogP contribution in [0.4, 0.5) is 0 Å². The Balaban J connectivity index is 1.54. The molecule has 0 saturated heterocycles. The normalized spacial score (nSPS) is 13.8. The lowest BCUT2D eigenvalue weighted by Crippen LogP contribution is -2.36. The Morgan fingerprint density at radius 1 is 1.31 bits per heavy atom. The van der Waals surface area contributed by atoms with Gasteiger partial charge in [0.25, 0.3) is 5.91 Å². The van der Waals surface area contributed by atoms with E-state index in [-0.39, 0.29) is 11.7 Å². The number of likely N-dealkylation sites (N-methyl/N-ethyl adjacent to an activating group) is 1. The van der Waals surface area contributed by atoms with Gasteiger partial charge in [-0.25, -0.2) is 4.98 Å². The number of amides is 1. The minimum Gasteiger partial charge on any atom is -0.476 e. The van der Waals surface area contributed by atoms with Crippen LogP contribution < -0.4 is 4.74 Å². The Morgan fingerprint density at radius 2 is 2.14 bits per heavy atom. The van der Waals surface area contributed by atoms with Gasteiger partial charge in [-0.2, -0.15) is 4.98 Å². The number of nitrogens with zero attached hydrogens (tertiary/aromatic N) is 4. The van der Waals surface area contributed by atoms with Crippen LogP contribution in [0.15, 0.2) is 24.4 Å². The van der Waals surface area contributed by atoms with Crippen LogP contribution in [0.3, 0.4) is 0 Å². The summed E-state index contributed by atoms with van der Waals surface area (Å²) in [7, 11) is 3.93. The second-order valence-electron chi connectivity index (χ2n) is 7.21. The van der Waals surface area contributed by atoms with Crippen molar-refractivity contribution in [2.75, 3.05) is 33.8 Å². The number of nitrogens with one attached hydrogen (secondary N) is 1. The first-order chi connectivity index (χ1) is 13.9. The Morgan fingerprint density at radius 3 is 2.93 bits per heavy atom. The summed E-state index contributed by atoms with van der Waals surface area (Å²) in [6.45, 7) is 2.28. The van der Waals surface area contributed by atoms with Gasteiger partial charge in [0.05, 0.1) is 15.6 Å². The fourth-order valence-corrected chi connectivity index (χ4v) is 3.77. The molecule has 2 aromatic heterocycles. The van der Waals surface area contributed by atoms with Crippen molar-refractivity contribution in [2.45, 2.75) is 13.0 Å². The number of halogens is 2. The number of rotatable bonds is 5. The highest BCUT2D eigenvalue weighted by Gasteiger charge is 2.27. The number of aromatic amines is 1. The summed E-state index contributed by atoms with van der Waals surface area (Å²) < 4.78 is 5.63. The number of aromatic nitrogens is 3. The Bertz CT molecular complexity index is 1070. The van der Waals surface area contributed by atoms with E-state index in [9.17, 15) is 4.79 Å². The van der Waals surface area contributed by atoms with Crippen LogP contribution in [-0.2, 0) is 13.0 Å². The minimum absolute atomic E-state index is 0.136. The topological polar surface area (TPSA) is 74.3 Å². The molecule has 0 atom stereocenters. The molecule has 1 amide bonds. The van der Waals surface area contributed by atoms with Gasteiger partial charge >= 0.3 is 0 Å². The lowest BCUT2D eigenvalue weighted by Gasteiger charge is -2.26. The molecule has 9 heteroatoms. The SMILES string of the molecule is CN(C)CCOc1ccnc(C(=O)N2CCc3[nH]c4c(Cl)c(Cl)ccc4c3C2)n1. The van der Waals surface area contributed by atoms with Crippen LogP contribution in [0.1, 0.15) is 21.9 Å². The molecule has 1 aliphatic rings. The zero-order chi connectivity index (χ0) is 20.5. The molecular weight excluding hydrogens is 413 g/mol. The maximum Gasteiger partial charge on any atom is 0.292 e. The van der Waals surface area contributed by atoms with Crippen LogP contribution in [-0.4, -0.2) is 64.5 Å². The van der Waals surface area contributed by atoms with Crippen LogP contribution in [0, 0.1) is 0 Å². The Labute approximate surface area is 178 Å². The Kier molecular flexibility index (Phi) is 5.63. The van der Waals surface area contributed by atoms with E-state index in [0.717, 1.165) is 28.7 Å². The van der Waals surface area contributed by atoms with Crippen molar-refractivity contribution in [3.8, 4) is 5.88 Å². The third-order valence-electron chi connectivity index (χ3n) is 4.94.